The van der Waals surface area contributed by atoms with E-state index in [4.69, 9.17) is 0 Å². The molecule has 2 bridgehead atoms. The molecule has 0 radical (unpaired) electrons. The molecule has 2 fully saturated rings. The fourth-order valence-corrected chi connectivity index (χ4v) is 4.08. The third-order valence-corrected chi connectivity index (χ3v) is 6.15. The lowest BCUT2D eigenvalue weighted by Crippen LogP contribution is -2.63. The Hall–Kier alpha value is -0.0800. The van der Waals surface area contributed by atoms with Gasteiger partial charge in [0.05, 0.1) is 11.7 Å². The highest BCUT2D eigenvalue weighted by atomic mass is 16.3. The Balaban J connectivity index is 2.44. The van der Waals surface area contributed by atoms with Crippen LogP contribution in [0.5, 0.6) is 0 Å². The van der Waals surface area contributed by atoms with Gasteiger partial charge in [0.2, 0.25) is 0 Å². The van der Waals surface area contributed by atoms with Crippen LogP contribution in [0.1, 0.15) is 53.9 Å². The fourth-order valence-electron chi connectivity index (χ4n) is 4.08. The maximum atomic E-state index is 10.7. The normalized spacial score (nSPS) is 51.0. The first-order valence-corrected chi connectivity index (χ1v) is 6.56. The SMILES string of the molecule is CC(C)[C@]1(O)C[C@H]2CC[C@@](C)([C@H]1O)C2(C)C. The van der Waals surface area contributed by atoms with Crippen LogP contribution in [-0.4, -0.2) is 21.9 Å². The molecule has 2 aliphatic rings. The standard InChI is InChI=1S/C14H26O2/c1-9(2)14(16)8-10-6-7-13(5,11(14)15)12(10,3)4/h9-11,15-16H,6-8H2,1-5H3/t10-,11-,13+,14-/m1/s1. The average Bonchev–Trinajstić information content (AvgIpc) is 2.32. The van der Waals surface area contributed by atoms with Crippen molar-refractivity contribution in [1.29, 1.82) is 0 Å². The van der Waals surface area contributed by atoms with Gasteiger partial charge in [0, 0.05) is 5.41 Å². The molecule has 0 aliphatic heterocycles. The second kappa shape index (κ2) is 3.23. The first kappa shape index (κ1) is 12.4. The molecule has 0 spiro atoms. The van der Waals surface area contributed by atoms with Crippen LogP contribution in [0.25, 0.3) is 0 Å². The Labute approximate surface area is 99.1 Å². The van der Waals surface area contributed by atoms with Crippen LogP contribution in [-0.2, 0) is 0 Å². The first-order valence-electron chi connectivity index (χ1n) is 6.56. The molecule has 4 atom stereocenters. The van der Waals surface area contributed by atoms with Crippen molar-refractivity contribution >= 4 is 0 Å². The van der Waals surface area contributed by atoms with Crippen molar-refractivity contribution in [3.05, 3.63) is 0 Å². The molecule has 0 heterocycles. The number of hydrogen-bond acceptors (Lipinski definition) is 2. The van der Waals surface area contributed by atoms with E-state index in [1.54, 1.807) is 0 Å². The predicted octanol–water partition coefficient (Wildman–Crippen LogP) is 2.58. The van der Waals surface area contributed by atoms with E-state index in [9.17, 15) is 10.2 Å². The van der Waals surface area contributed by atoms with Gasteiger partial charge in [0.1, 0.15) is 0 Å². The van der Waals surface area contributed by atoms with Crippen molar-refractivity contribution < 1.29 is 10.2 Å². The molecule has 0 amide bonds. The largest absolute Gasteiger partial charge is 0.390 e. The molecule has 2 saturated carbocycles. The second-order valence-electron chi connectivity index (χ2n) is 7.13. The maximum Gasteiger partial charge on any atom is 0.0936 e. The summed E-state index contributed by atoms with van der Waals surface area (Å²) in [5, 5.41) is 21.4. The molecule has 2 nitrogen and oxygen atoms in total. The van der Waals surface area contributed by atoms with Gasteiger partial charge in [0.15, 0.2) is 0 Å². The van der Waals surface area contributed by atoms with E-state index in [2.05, 4.69) is 20.8 Å². The summed E-state index contributed by atoms with van der Waals surface area (Å²) in [7, 11) is 0. The lowest BCUT2D eigenvalue weighted by molar-refractivity contribution is -0.217. The minimum atomic E-state index is -0.883. The van der Waals surface area contributed by atoms with Gasteiger partial charge in [-0.05, 0) is 36.5 Å². The van der Waals surface area contributed by atoms with E-state index in [0.717, 1.165) is 19.3 Å². The number of aliphatic hydroxyl groups excluding tert-OH is 1. The van der Waals surface area contributed by atoms with E-state index >= 15 is 0 Å². The van der Waals surface area contributed by atoms with Crippen molar-refractivity contribution in [1.82, 2.24) is 0 Å². The molecular formula is C14H26O2. The van der Waals surface area contributed by atoms with Crippen LogP contribution in [0.3, 0.4) is 0 Å². The van der Waals surface area contributed by atoms with Crippen LogP contribution in [0.2, 0.25) is 0 Å². The topological polar surface area (TPSA) is 40.5 Å². The third-order valence-electron chi connectivity index (χ3n) is 6.15. The monoisotopic (exact) mass is 226 g/mol. The highest BCUT2D eigenvalue weighted by Gasteiger charge is 2.65. The zero-order valence-electron chi connectivity index (χ0n) is 11.2. The molecular weight excluding hydrogens is 200 g/mol. The van der Waals surface area contributed by atoms with Gasteiger partial charge in [0.25, 0.3) is 0 Å². The molecule has 2 aliphatic carbocycles. The van der Waals surface area contributed by atoms with Gasteiger partial charge in [-0.1, -0.05) is 34.6 Å². The molecule has 2 N–H and O–H groups in total. The van der Waals surface area contributed by atoms with E-state index < -0.39 is 11.7 Å². The molecule has 0 aromatic carbocycles. The summed E-state index contributed by atoms with van der Waals surface area (Å²) in [4.78, 5) is 0. The van der Waals surface area contributed by atoms with Gasteiger partial charge in [-0.3, -0.25) is 0 Å². The Morgan fingerprint density at radius 2 is 1.75 bits per heavy atom. The fraction of sp³-hybridized carbons (Fsp3) is 1.00. The molecule has 94 valence electrons. The Kier molecular flexibility index (Phi) is 2.50. The molecule has 2 heteroatoms. The van der Waals surface area contributed by atoms with Crippen molar-refractivity contribution in [2.24, 2.45) is 22.7 Å². The van der Waals surface area contributed by atoms with Gasteiger partial charge in [-0.2, -0.15) is 0 Å². The van der Waals surface area contributed by atoms with Crippen LogP contribution < -0.4 is 0 Å². The van der Waals surface area contributed by atoms with Crippen molar-refractivity contribution in [3.63, 3.8) is 0 Å². The zero-order valence-corrected chi connectivity index (χ0v) is 11.2. The summed E-state index contributed by atoms with van der Waals surface area (Å²) in [6.45, 7) is 10.7. The van der Waals surface area contributed by atoms with Crippen molar-refractivity contribution in [3.8, 4) is 0 Å². The van der Waals surface area contributed by atoms with Gasteiger partial charge in [-0.25, -0.2) is 0 Å². The summed E-state index contributed by atoms with van der Waals surface area (Å²) < 4.78 is 0. The van der Waals surface area contributed by atoms with Gasteiger partial charge < -0.3 is 10.2 Å². The van der Waals surface area contributed by atoms with E-state index in [1.807, 2.05) is 13.8 Å². The molecule has 0 unspecified atom stereocenters. The zero-order chi connectivity index (χ0) is 12.4. The number of rotatable bonds is 1. The summed E-state index contributed by atoms with van der Waals surface area (Å²) in [6.07, 6.45) is 2.36. The Bertz CT molecular complexity index is 297. The Morgan fingerprint density at radius 3 is 2.25 bits per heavy atom. The summed E-state index contributed by atoms with van der Waals surface area (Å²) in [5.41, 5.74) is -0.867. The summed E-state index contributed by atoms with van der Waals surface area (Å²) in [6, 6.07) is 0. The third kappa shape index (κ3) is 1.20. The van der Waals surface area contributed by atoms with E-state index in [1.165, 1.54) is 0 Å². The van der Waals surface area contributed by atoms with Gasteiger partial charge in [-0.15, -0.1) is 0 Å². The van der Waals surface area contributed by atoms with Crippen molar-refractivity contribution in [2.45, 2.75) is 65.6 Å². The highest BCUT2D eigenvalue weighted by Crippen LogP contribution is 2.65. The lowest BCUT2D eigenvalue weighted by Gasteiger charge is -2.57. The first-order chi connectivity index (χ1) is 7.16. The second-order valence-corrected chi connectivity index (χ2v) is 7.13. The van der Waals surface area contributed by atoms with Crippen LogP contribution in [0.4, 0.5) is 0 Å². The molecule has 0 saturated heterocycles. The molecule has 0 aromatic rings. The van der Waals surface area contributed by atoms with Crippen molar-refractivity contribution in [2.75, 3.05) is 0 Å². The smallest absolute Gasteiger partial charge is 0.0936 e. The average molecular weight is 226 g/mol. The highest BCUT2D eigenvalue weighted by molar-refractivity contribution is 5.15. The number of aliphatic hydroxyl groups is 2. The van der Waals surface area contributed by atoms with E-state index in [0.29, 0.717) is 5.92 Å². The molecule has 0 aromatic heterocycles. The van der Waals surface area contributed by atoms with E-state index in [-0.39, 0.29) is 16.7 Å². The molecule has 2 rings (SSSR count). The minimum absolute atomic E-state index is 0.124. The Morgan fingerprint density at radius 1 is 1.19 bits per heavy atom. The maximum absolute atomic E-state index is 10.7. The molecule has 16 heavy (non-hydrogen) atoms. The quantitative estimate of drug-likeness (QED) is 0.721. The predicted molar refractivity (Wildman–Crippen MR) is 65.0 cm³/mol. The van der Waals surface area contributed by atoms with Crippen LogP contribution in [0, 0.1) is 22.7 Å². The number of hydrogen-bond donors (Lipinski definition) is 2. The van der Waals surface area contributed by atoms with Gasteiger partial charge >= 0.3 is 0 Å². The number of fused-ring (bicyclic) bond motifs is 2. The van der Waals surface area contributed by atoms with Crippen LogP contribution in [0.15, 0.2) is 0 Å². The summed E-state index contributed by atoms with van der Waals surface area (Å²) in [5.74, 6) is 0.673. The van der Waals surface area contributed by atoms with Crippen LogP contribution >= 0.6 is 0 Å². The lowest BCUT2D eigenvalue weighted by atomic mass is 9.52. The minimum Gasteiger partial charge on any atom is -0.390 e. The summed E-state index contributed by atoms with van der Waals surface area (Å²) >= 11 is 0.